The molecule has 0 N–H and O–H groups in total. The van der Waals surface area contributed by atoms with E-state index in [4.69, 9.17) is 13.9 Å². The molecule has 0 radical (unpaired) electrons. The summed E-state index contributed by atoms with van der Waals surface area (Å²) in [6.07, 6.45) is 1.61. The molecule has 3 aromatic heterocycles. The molecule has 38 heavy (non-hydrogen) atoms. The number of thiophene rings is 1. The van der Waals surface area contributed by atoms with Crippen molar-refractivity contribution in [2.45, 2.75) is 19.9 Å². The van der Waals surface area contributed by atoms with Gasteiger partial charge in [-0.3, -0.25) is 19.5 Å². The molecular weight excluding hydrogens is 530 g/mol. The number of carbonyl (C=O) groups is 1. The van der Waals surface area contributed by atoms with Gasteiger partial charge in [0.15, 0.2) is 4.80 Å². The highest BCUT2D eigenvalue weighted by Gasteiger charge is 2.33. The van der Waals surface area contributed by atoms with Crippen molar-refractivity contribution in [2.75, 3.05) is 13.7 Å². The average Bonchev–Trinajstić information content (AvgIpc) is 3.65. The second-order valence-corrected chi connectivity index (χ2v) is 10.1. The molecule has 0 saturated heterocycles. The molecule has 10 nitrogen and oxygen atoms in total. The van der Waals surface area contributed by atoms with Gasteiger partial charge in [0.05, 0.1) is 46.1 Å². The molecule has 5 rings (SSSR count). The second kappa shape index (κ2) is 10.2. The molecule has 1 aliphatic heterocycles. The number of nitrogens with zero attached hydrogens (tertiary/aromatic N) is 3. The number of nitro groups is 1. The summed E-state index contributed by atoms with van der Waals surface area (Å²) in [7, 11) is 1.42. The summed E-state index contributed by atoms with van der Waals surface area (Å²) >= 11 is 2.64. The minimum Gasteiger partial charge on any atom is -0.496 e. The van der Waals surface area contributed by atoms with E-state index >= 15 is 0 Å². The van der Waals surface area contributed by atoms with Gasteiger partial charge in [0.25, 0.3) is 11.2 Å². The van der Waals surface area contributed by atoms with Gasteiger partial charge in [0.2, 0.25) is 0 Å². The van der Waals surface area contributed by atoms with Crippen molar-refractivity contribution in [1.29, 1.82) is 0 Å². The summed E-state index contributed by atoms with van der Waals surface area (Å²) in [6.45, 7) is 3.67. The average molecular weight is 552 g/mol. The number of methoxy groups -OCH3 is 1. The van der Waals surface area contributed by atoms with Crippen molar-refractivity contribution >= 4 is 40.4 Å². The van der Waals surface area contributed by atoms with Crippen molar-refractivity contribution in [3.8, 4) is 17.1 Å². The number of furan rings is 1. The summed E-state index contributed by atoms with van der Waals surface area (Å²) in [5, 5.41) is 13.0. The van der Waals surface area contributed by atoms with Gasteiger partial charge in [-0.15, -0.1) is 11.3 Å². The topological polar surface area (TPSA) is 126 Å². The zero-order valence-electron chi connectivity index (χ0n) is 20.5. The van der Waals surface area contributed by atoms with E-state index in [1.165, 1.54) is 46.5 Å². The van der Waals surface area contributed by atoms with Crippen LogP contribution < -0.4 is 19.6 Å². The Bertz CT molecular complexity index is 1760. The van der Waals surface area contributed by atoms with E-state index in [-0.39, 0.29) is 23.6 Å². The van der Waals surface area contributed by atoms with Gasteiger partial charge in [0.1, 0.15) is 23.3 Å². The monoisotopic (exact) mass is 551 g/mol. The van der Waals surface area contributed by atoms with Gasteiger partial charge in [-0.1, -0.05) is 17.4 Å². The van der Waals surface area contributed by atoms with Crippen molar-refractivity contribution in [3.05, 3.63) is 99.6 Å². The number of non-ortho nitro benzene ring substituents is 1. The minimum absolute atomic E-state index is 0.101. The highest BCUT2D eigenvalue weighted by Crippen LogP contribution is 2.35. The number of benzene rings is 1. The fourth-order valence-corrected chi connectivity index (χ4v) is 6.06. The zero-order chi connectivity index (χ0) is 27.0. The van der Waals surface area contributed by atoms with Crippen LogP contribution >= 0.6 is 22.7 Å². The standard InChI is InChI=1S/C26H21N3O7S2/c1-4-35-25(31)22-14(2)27-26-28(23(22)20-6-5-11-37-20)24(30)21(38-26)13-16-8-10-18(36-16)17-9-7-15(29(32)33)12-19(17)34-3/h5-13,23H,4H2,1-3H3/b21-13-/t23-/m1/s1. The van der Waals surface area contributed by atoms with E-state index in [9.17, 15) is 19.7 Å². The first-order chi connectivity index (χ1) is 18.3. The number of fused-ring (bicyclic) bond motifs is 1. The molecule has 194 valence electrons. The predicted molar refractivity (Wildman–Crippen MR) is 142 cm³/mol. The van der Waals surface area contributed by atoms with E-state index < -0.39 is 16.9 Å². The van der Waals surface area contributed by atoms with Crippen molar-refractivity contribution < 1.29 is 23.6 Å². The fourth-order valence-electron chi connectivity index (χ4n) is 4.21. The van der Waals surface area contributed by atoms with Crippen LogP contribution in [0, 0.1) is 10.1 Å². The first-order valence-electron chi connectivity index (χ1n) is 11.5. The number of carbonyl (C=O) groups excluding carboxylic acids is 1. The number of nitro benzene ring substituents is 1. The van der Waals surface area contributed by atoms with Crippen LogP contribution in [0.3, 0.4) is 0 Å². The number of hydrogen-bond donors (Lipinski definition) is 0. The minimum atomic E-state index is -0.649. The van der Waals surface area contributed by atoms with E-state index in [1.807, 2.05) is 17.5 Å². The molecule has 0 unspecified atom stereocenters. The molecule has 0 amide bonds. The van der Waals surface area contributed by atoms with E-state index in [0.29, 0.717) is 37.7 Å². The Morgan fingerprint density at radius 2 is 2.11 bits per heavy atom. The lowest BCUT2D eigenvalue weighted by Crippen LogP contribution is -2.39. The summed E-state index contributed by atoms with van der Waals surface area (Å²) in [5.74, 6) is 0.610. The molecule has 0 aliphatic carbocycles. The molecule has 1 aliphatic rings. The van der Waals surface area contributed by atoms with Crippen LogP contribution in [0.25, 0.3) is 17.4 Å². The van der Waals surface area contributed by atoms with E-state index in [1.54, 1.807) is 38.1 Å². The van der Waals surface area contributed by atoms with E-state index in [2.05, 4.69) is 4.99 Å². The summed E-state index contributed by atoms with van der Waals surface area (Å²) in [4.78, 5) is 42.9. The molecule has 1 atom stereocenters. The van der Waals surface area contributed by atoms with Crippen LogP contribution in [0.15, 0.2) is 73.3 Å². The Labute approximate surface area is 223 Å². The third-order valence-corrected chi connectivity index (χ3v) is 7.80. The third-order valence-electron chi connectivity index (χ3n) is 5.89. The maximum absolute atomic E-state index is 13.6. The summed E-state index contributed by atoms with van der Waals surface area (Å²) < 4.78 is 18.5. The molecule has 1 aromatic carbocycles. The Morgan fingerprint density at radius 3 is 2.79 bits per heavy atom. The molecular formula is C26H21N3O7S2. The van der Waals surface area contributed by atoms with Crippen molar-refractivity contribution in [3.63, 3.8) is 0 Å². The van der Waals surface area contributed by atoms with Crippen LogP contribution in [0.2, 0.25) is 0 Å². The summed E-state index contributed by atoms with van der Waals surface area (Å²) in [5.41, 5.74) is 0.953. The normalized spacial score (nSPS) is 15.2. The molecule has 4 heterocycles. The Balaban J connectivity index is 1.59. The lowest BCUT2D eigenvalue weighted by Gasteiger charge is -2.23. The van der Waals surface area contributed by atoms with Crippen molar-refractivity contribution in [1.82, 2.24) is 4.57 Å². The highest BCUT2D eigenvalue weighted by molar-refractivity contribution is 7.10. The quantitative estimate of drug-likeness (QED) is 0.193. The van der Waals surface area contributed by atoms with E-state index in [0.717, 1.165) is 4.88 Å². The SMILES string of the molecule is CCOC(=O)C1=C(C)N=c2s/c(=C\c3ccc(-c4ccc([N+](=O)[O-])cc4OC)o3)c(=O)n2[C@@H]1c1cccs1. The second-order valence-electron chi connectivity index (χ2n) is 8.16. The van der Waals surface area contributed by atoms with Crippen LogP contribution in [0.4, 0.5) is 5.69 Å². The van der Waals surface area contributed by atoms with Gasteiger partial charge in [-0.2, -0.15) is 0 Å². The van der Waals surface area contributed by atoms with Crippen LogP contribution in [-0.4, -0.2) is 29.2 Å². The maximum atomic E-state index is 13.6. The Morgan fingerprint density at radius 1 is 1.29 bits per heavy atom. The smallest absolute Gasteiger partial charge is 0.338 e. The first-order valence-corrected chi connectivity index (χ1v) is 13.2. The lowest BCUT2D eigenvalue weighted by atomic mass is 10.0. The number of rotatable bonds is 7. The van der Waals surface area contributed by atoms with Crippen LogP contribution in [-0.2, 0) is 9.53 Å². The first kappa shape index (κ1) is 25.4. The predicted octanol–water partition coefficient (Wildman–Crippen LogP) is 4.04. The number of thiazole rings is 1. The zero-order valence-corrected chi connectivity index (χ0v) is 22.1. The number of esters is 1. The third kappa shape index (κ3) is 4.48. The molecule has 0 spiro atoms. The lowest BCUT2D eigenvalue weighted by molar-refractivity contribution is -0.384. The van der Waals surface area contributed by atoms with Gasteiger partial charge in [-0.25, -0.2) is 9.79 Å². The molecule has 0 bridgehead atoms. The van der Waals surface area contributed by atoms with Gasteiger partial charge in [-0.05, 0) is 43.5 Å². The largest absolute Gasteiger partial charge is 0.496 e. The number of aromatic nitrogens is 1. The Hall–Kier alpha value is -4.29. The number of hydrogen-bond acceptors (Lipinski definition) is 10. The van der Waals surface area contributed by atoms with Gasteiger partial charge in [0, 0.05) is 17.0 Å². The highest BCUT2D eigenvalue weighted by atomic mass is 32.1. The van der Waals surface area contributed by atoms with Crippen LogP contribution in [0.1, 0.15) is 30.5 Å². The van der Waals surface area contributed by atoms with Crippen molar-refractivity contribution in [2.24, 2.45) is 4.99 Å². The number of allylic oxidation sites excluding steroid dienone is 1. The molecule has 4 aromatic rings. The van der Waals surface area contributed by atoms with Gasteiger partial charge >= 0.3 is 5.97 Å². The molecule has 0 saturated carbocycles. The van der Waals surface area contributed by atoms with Gasteiger partial charge < -0.3 is 13.9 Å². The molecule has 0 fully saturated rings. The summed E-state index contributed by atoms with van der Waals surface area (Å²) in [6, 6.07) is 10.7. The fraction of sp³-hybridized carbons (Fsp3) is 0.192. The Kier molecular flexibility index (Phi) is 6.83. The molecule has 12 heteroatoms. The van der Waals surface area contributed by atoms with Crippen LogP contribution in [0.5, 0.6) is 5.75 Å². The maximum Gasteiger partial charge on any atom is 0.338 e. The number of ether oxygens (including phenoxy) is 2.